The highest BCUT2D eigenvalue weighted by Crippen LogP contribution is 2.37. The van der Waals surface area contributed by atoms with Gasteiger partial charge in [-0.1, -0.05) is 12.1 Å². The summed E-state index contributed by atoms with van der Waals surface area (Å²) in [5.74, 6) is -2.04. The molecule has 0 unspecified atom stereocenters. The van der Waals surface area contributed by atoms with Crippen LogP contribution in [0.4, 0.5) is 17.6 Å². The third kappa shape index (κ3) is 5.54. The Labute approximate surface area is 214 Å². The number of aromatic nitrogens is 2. The van der Waals surface area contributed by atoms with E-state index in [1.165, 1.54) is 19.2 Å². The number of nitrogens with zero attached hydrogens (tertiary/aromatic N) is 2. The summed E-state index contributed by atoms with van der Waals surface area (Å²) in [6, 6.07) is 7.81. The van der Waals surface area contributed by atoms with Crippen LogP contribution in [0.5, 0.6) is 17.2 Å². The van der Waals surface area contributed by atoms with Gasteiger partial charge in [-0.3, -0.25) is 9.36 Å². The van der Waals surface area contributed by atoms with Crippen molar-refractivity contribution in [2.24, 2.45) is 7.05 Å². The minimum Gasteiger partial charge on any atom is -0.464 e. The minimum absolute atomic E-state index is 0.00978. The van der Waals surface area contributed by atoms with E-state index in [9.17, 15) is 31.9 Å². The Balaban J connectivity index is 2.14. The molecule has 0 fully saturated rings. The van der Waals surface area contributed by atoms with Crippen molar-refractivity contribution in [1.29, 1.82) is 0 Å². The smallest absolute Gasteiger partial charge is 0.432 e. The number of hydrogen-bond donors (Lipinski definition) is 0. The van der Waals surface area contributed by atoms with Crippen molar-refractivity contribution in [3.05, 3.63) is 78.8 Å². The quantitative estimate of drug-likeness (QED) is 0.232. The number of para-hydroxylation sites is 2. The van der Waals surface area contributed by atoms with E-state index in [0.29, 0.717) is 0 Å². The molecule has 14 heteroatoms. The maximum Gasteiger partial charge on any atom is 0.432 e. The zero-order valence-electron chi connectivity index (χ0n) is 19.7. The lowest BCUT2D eigenvalue weighted by Crippen LogP contribution is -2.43. The van der Waals surface area contributed by atoms with E-state index in [4.69, 9.17) is 14.2 Å². The maximum absolute atomic E-state index is 14.9. The van der Waals surface area contributed by atoms with E-state index in [1.54, 1.807) is 12.1 Å². The number of ether oxygens (including phenoxy) is 4. The van der Waals surface area contributed by atoms with Gasteiger partial charge in [-0.2, -0.15) is 13.2 Å². The van der Waals surface area contributed by atoms with Crippen LogP contribution >= 0.6 is 15.9 Å². The highest BCUT2D eigenvalue weighted by Gasteiger charge is 2.38. The summed E-state index contributed by atoms with van der Waals surface area (Å²) in [6.45, 7) is 0.885. The van der Waals surface area contributed by atoms with E-state index in [0.717, 1.165) is 33.2 Å². The van der Waals surface area contributed by atoms with Gasteiger partial charge < -0.3 is 18.9 Å². The summed E-state index contributed by atoms with van der Waals surface area (Å²) < 4.78 is 76.5. The number of methoxy groups -OCH3 is 2. The number of alkyl halides is 3. The molecule has 0 spiro atoms. The fourth-order valence-corrected chi connectivity index (χ4v) is 3.79. The second kappa shape index (κ2) is 10.8. The van der Waals surface area contributed by atoms with Crippen molar-refractivity contribution in [3.63, 3.8) is 0 Å². The molecule has 0 saturated carbocycles. The van der Waals surface area contributed by atoms with Gasteiger partial charge in [0, 0.05) is 25.8 Å². The molecule has 3 rings (SSSR count). The lowest BCUT2D eigenvalue weighted by atomic mass is 10.2. The summed E-state index contributed by atoms with van der Waals surface area (Å²) in [7, 11) is 3.16. The summed E-state index contributed by atoms with van der Waals surface area (Å²) in [5.41, 5.74) is -5.67. The van der Waals surface area contributed by atoms with Crippen LogP contribution in [0, 0.1) is 12.7 Å². The molecule has 1 aromatic heterocycles. The number of carbonyl (C=O) groups is 1. The first-order chi connectivity index (χ1) is 17.3. The van der Waals surface area contributed by atoms with E-state index in [2.05, 4.69) is 20.7 Å². The van der Waals surface area contributed by atoms with Crippen LogP contribution < -0.4 is 20.7 Å². The molecule has 2 aromatic carbocycles. The monoisotopic (exact) mass is 590 g/mol. The fraction of sp³-hybridized carbons (Fsp3) is 0.261. The normalized spacial score (nSPS) is 12.2. The molecule has 37 heavy (non-hydrogen) atoms. The Morgan fingerprint density at radius 3 is 2.24 bits per heavy atom. The SMILES string of the molecule is COC(=O)[C@H](OC)Oc1ccccc1Oc1cc(-n2c(=O)c(C)c(C(F)(F)F)n(C)c2=O)c(F)cc1Br. The van der Waals surface area contributed by atoms with Crippen LogP contribution in [0.25, 0.3) is 5.69 Å². The average Bonchev–Trinajstić information content (AvgIpc) is 2.83. The summed E-state index contributed by atoms with van der Waals surface area (Å²) in [4.78, 5) is 37.3. The van der Waals surface area contributed by atoms with Gasteiger partial charge in [-0.05, 0) is 41.1 Å². The molecule has 0 amide bonds. The molecule has 1 heterocycles. The van der Waals surface area contributed by atoms with Crippen molar-refractivity contribution >= 4 is 21.9 Å². The first-order valence-electron chi connectivity index (χ1n) is 10.2. The Morgan fingerprint density at radius 1 is 1.05 bits per heavy atom. The maximum atomic E-state index is 14.9. The first kappa shape index (κ1) is 27.9. The van der Waals surface area contributed by atoms with Crippen molar-refractivity contribution < 1.29 is 41.3 Å². The second-order valence-corrected chi connectivity index (χ2v) is 8.30. The van der Waals surface area contributed by atoms with Crippen LogP contribution in [0.3, 0.4) is 0 Å². The summed E-state index contributed by atoms with van der Waals surface area (Å²) in [5, 5.41) is 0. The Hall–Kier alpha value is -3.65. The molecule has 0 aliphatic rings. The van der Waals surface area contributed by atoms with Crippen molar-refractivity contribution in [3.8, 4) is 22.9 Å². The summed E-state index contributed by atoms with van der Waals surface area (Å²) >= 11 is 3.11. The number of carbonyl (C=O) groups excluding carboxylic acids is 1. The molecular formula is C23H19BrF4N2O7. The van der Waals surface area contributed by atoms with Crippen molar-refractivity contribution in [2.45, 2.75) is 19.4 Å². The van der Waals surface area contributed by atoms with Gasteiger partial charge in [0.25, 0.3) is 11.8 Å². The van der Waals surface area contributed by atoms with Gasteiger partial charge in [-0.15, -0.1) is 0 Å². The predicted molar refractivity (Wildman–Crippen MR) is 125 cm³/mol. The van der Waals surface area contributed by atoms with Crippen LogP contribution in [0.1, 0.15) is 11.3 Å². The molecule has 9 nitrogen and oxygen atoms in total. The summed E-state index contributed by atoms with van der Waals surface area (Å²) in [6.07, 6.45) is -6.43. The highest BCUT2D eigenvalue weighted by atomic mass is 79.9. The zero-order chi connectivity index (χ0) is 27.7. The van der Waals surface area contributed by atoms with Gasteiger partial charge in [0.05, 0.1) is 17.3 Å². The molecule has 198 valence electrons. The molecule has 0 aliphatic carbocycles. The molecule has 0 saturated heterocycles. The molecule has 3 aromatic rings. The van der Waals surface area contributed by atoms with Gasteiger partial charge in [-0.25, -0.2) is 18.5 Å². The lowest BCUT2D eigenvalue weighted by molar-refractivity contribution is -0.170. The number of esters is 1. The molecule has 1 atom stereocenters. The van der Waals surface area contributed by atoms with Gasteiger partial charge in [0.15, 0.2) is 11.5 Å². The predicted octanol–water partition coefficient (Wildman–Crippen LogP) is 4.08. The van der Waals surface area contributed by atoms with Crippen LogP contribution in [0.2, 0.25) is 0 Å². The van der Waals surface area contributed by atoms with Crippen LogP contribution in [-0.4, -0.2) is 35.6 Å². The van der Waals surface area contributed by atoms with Crippen LogP contribution in [-0.2, 0) is 27.5 Å². The van der Waals surface area contributed by atoms with Gasteiger partial charge in [0.2, 0.25) is 0 Å². The lowest BCUT2D eigenvalue weighted by Gasteiger charge is -2.19. The van der Waals surface area contributed by atoms with Gasteiger partial charge in [0.1, 0.15) is 17.3 Å². The van der Waals surface area contributed by atoms with Gasteiger partial charge >= 0.3 is 17.8 Å². The number of benzene rings is 2. The topological polar surface area (TPSA) is 98.0 Å². The number of halogens is 5. The Bertz CT molecular complexity index is 1430. The molecule has 0 bridgehead atoms. The fourth-order valence-electron chi connectivity index (χ4n) is 3.39. The Kier molecular flexibility index (Phi) is 8.12. The third-order valence-electron chi connectivity index (χ3n) is 5.11. The minimum atomic E-state index is -4.99. The number of hydrogen-bond acceptors (Lipinski definition) is 7. The number of rotatable bonds is 7. The van der Waals surface area contributed by atoms with E-state index in [-0.39, 0.29) is 30.9 Å². The van der Waals surface area contributed by atoms with Crippen molar-refractivity contribution in [1.82, 2.24) is 9.13 Å². The molecule has 0 N–H and O–H groups in total. The zero-order valence-corrected chi connectivity index (χ0v) is 21.3. The van der Waals surface area contributed by atoms with Crippen LogP contribution in [0.15, 0.2) is 50.5 Å². The second-order valence-electron chi connectivity index (χ2n) is 7.44. The average molecular weight is 591 g/mol. The molecular weight excluding hydrogens is 572 g/mol. The first-order valence-corrected chi connectivity index (χ1v) is 11.0. The van der Waals surface area contributed by atoms with E-state index >= 15 is 0 Å². The van der Waals surface area contributed by atoms with E-state index in [1.807, 2.05) is 0 Å². The largest absolute Gasteiger partial charge is 0.464 e. The standard InChI is InChI=1S/C23H19BrF4N2O7/c1-11-18(23(26,27)28)29(2)22(33)30(19(11)31)14-10-17(12(24)9-13(14)25)36-15-7-5-6-8-16(15)37-21(35-4)20(32)34-3/h5-10,21H,1-4H3/t21-/m1/s1. The highest BCUT2D eigenvalue weighted by molar-refractivity contribution is 9.10. The molecule has 0 radical (unpaired) electrons. The van der Waals surface area contributed by atoms with E-state index < -0.39 is 52.4 Å². The Morgan fingerprint density at radius 2 is 1.68 bits per heavy atom. The van der Waals surface area contributed by atoms with Crippen molar-refractivity contribution in [2.75, 3.05) is 14.2 Å². The third-order valence-corrected chi connectivity index (χ3v) is 5.73. The molecule has 0 aliphatic heterocycles.